The van der Waals surface area contributed by atoms with Crippen LogP contribution in [0.4, 0.5) is 5.69 Å². The van der Waals surface area contributed by atoms with Crippen LogP contribution < -0.4 is 10.5 Å². The summed E-state index contributed by atoms with van der Waals surface area (Å²) < 4.78 is 4.78. The van der Waals surface area contributed by atoms with E-state index >= 15 is 0 Å². The molecule has 80 valence electrons. The first-order chi connectivity index (χ1) is 7.09. The topological polar surface area (TPSA) is 35.2 Å². The highest BCUT2D eigenvalue weighted by Gasteiger charge is 2.35. The predicted molar refractivity (Wildman–Crippen MR) is 66.2 cm³/mol. The number of benzene rings is 1. The molecule has 0 saturated carbocycles. The standard InChI is InChI=1S/C10H9Cl2NOS/c11-7-5-10(12,15-6-7)14-9-4-2-1-3-8(9)13/h1-4,6H,5,13H2. The van der Waals surface area contributed by atoms with Gasteiger partial charge in [-0.15, -0.1) is 0 Å². The van der Waals surface area contributed by atoms with Gasteiger partial charge in [0.1, 0.15) is 5.75 Å². The molecule has 0 aliphatic carbocycles. The normalized spacial score (nSPS) is 25.1. The molecule has 1 aromatic rings. The number of ether oxygens (including phenoxy) is 1. The molecule has 0 bridgehead atoms. The van der Waals surface area contributed by atoms with Gasteiger partial charge >= 0.3 is 0 Å². The highest BCUT2D eigenvalue weighted by molar-refractivity contribution is 8.04. The summed E-state index contributed by atoms with van der Waals surface area (Å²) in [6.45, 7) is 0. The number of halogens is 2. The minimum absolute atomic E-state index is 0.481. The number of rotatable bonds is 2. The summed E-state index contributed by atoms with van der Waals surface area (Å²) in [4.78, 5) is 0. The Labute approximate surface area is 102 Å². The fourth-order valence-corrected chi connectivity index (χ4v) is 2.83. The van der Waals surface area contributed by atoms with Crippen molar-refractivity contribution in [2.75, 3.05) is 5.73 Å². The van der Waals surface area contributed by atoms with Crippen LogP contribution >= 0.6 is 35.0 Å². The Morgan fingerprint density at radius 1 is 1.40 bits per heavy atom. The Kier molecular flexibility index (Phi) is 3.05. The van der Waals surface area contributed by atoms with Crippen molar-refractivity contribution in [3.63, 3.8) is 0 Å². The zero-order chi connectivity index (χ0) is 10.9. The third-order valence-electron chi connectivity index (χ3n) is 1.92. The lowest BCUT2D eigenvalue weighted by Crippen LogP contribution is -2.22. The molecule has 0 saturated heterocycles. The molecule has 1 heterocycles. The maximum atomic E-state index is 6.22. The van der Waals surface area contributed by atoms with Gasteiger partial charge in [0.05, 0.1) is 5.69 Å². The first-order valence-electron chi connectivity index (χ1n) is 4.34. The van der Waals surface area contributed by atoms with Gasteiger partial charge in [0, 0.05) is 11.5 Å². The number of thioether (sulfide) groups is 1. The van der Waals surface area contributed by atoms with E-state index in [1.54, 1.807) is 17.5 Å². The van der Waals surface area contributed by atoms with Gasteiger partial charge in [-0.1, -0.05) is 47.1 Å². The van der Waals surface area contributed by atoms with E-state index in [9.17, 15) is 0 Å². The van der Waals surface area contributed by atoms with Crippen LogP contribution in [0.25, 0.3) is 0 Å². The highest BCUT2D eigenvalue weighted by atomic mass is 35.5. The molecule has 1 aliphatic rings. The third kappa shape index (κ3) is 2.54. The van der Waals surface area contributed by atoms with Crippen LogP contribution in [0.15, 0.2) is 34.7 Å². The van der Waals surface area contributed by atoms with E-state index in [4.69, 9.17) is 33.7 Å². The number of hydrogen-bond acceptors (Lipinski definition) is 3. The molecule has 1 atom stereocenters. The van der Waals surface area contributed by atoms with Gasteiger partial charge in [0.15, 0.2) is 0 Å². The Hall–Kier alpha value is -0.510. The molecule has 1 unspecified atom stereocenters. The van der Waals surface area contributed by atoms with E-state index < -0.39 is 4.39 Å². The first kappa shape index (κ1) is 11.0. The van der Waals surface area contributed by atoms with Crippen LogP contribution in [0.5, 0.6) is 5.75 Å². The van der Waals surface area contributed by atoms with E-state index in [1.165, 1.54) is 11.8 Å². The van der Waals surface area contributed by atoms with Crippen molar-refractivity contribution in [1.29, 1.82) is 0 Å². The predicted octanol–water partition coefficient (Wildman–Crippen LogP) is 3.76. The summed E-state index contributed by atoms with van der Waals surface area (Å²) in [6, 6.07) is 7.24. The van der Waals surface area contributed by atoms with Crippen LogP contribution in [0, 0.1) is 0 Å². The second-order valence-electron chi connectivity index (χ2n) is 3.16. The van der Waals surface area contributed by atoms with Gasteiger partial charge in [-0.3, -0.25) is 0 Å². The van der Waals surface area contributed by atoms with Crippen molar-refractivity contribution in [3.8, 4) is 5.75 Å². The molecule has 2 N–H and O–H groups in total. The number of nitrogens with two attached hydrogens (primary N) is 1. The Balaban J connectivity index is 2.13. The van der Waals surface area contributed by atoms with Crippen LogP contribution in [0.2, 0.25) is 0 Å². The second kappa shape index (κ2) is 4.16. The van der Waals surface area contributed by atoms with Crippen molar-refractivity contribution >= 4 is 40.7 Å². The van der Waals surface area contributed by atoms with E-state index in [-0.39, 0.29) is 0 Å². The Bertz CT molecular complexity index is 410. The van der Waals surface area contributed by atoms with Crippen molar-refractivity contribution in [3.05, 3.63) is 34.7 Å². The summed E-state index contributed by atoms with van der Waals surface area (Å²) in [5.41, 5.74) is 6.32. The molecule has 2 rings (SSSR count). The number of nitrogen functional groups attached to an aromatic ring is 1. The Morgan fingerprint density at radius 3 is 2.73 bits per heavy atom. The fourth-order valence-electron chi connectivity index (χ4n) is 1.23. The SMILES string of the molecule is Nc1ccccc1OC1(Cl)CC(Cl)=CS1. The minimum Gasteiger partial charge on any atom is -0.460 e. The van der Waals surface area contributed by atoms with Crippen molar-refractivity contribution in [1.82, 2.24) is 0 Å². The maximum Gasteiger partial charge on any atom is 0.238 e. The average molecular weight is 262 g/mol. The summed E-state index contributed by atoms with van der Waals surface area (Å²) in [7, 11) is 0. The molecular formula is C10H9Cl2NOS. The number of alkyl halides is 1. The molecule has 1 aliphatic heterocycles. The monoisotopic (exact) mass is 261 g/mol. The smallest absolute Gasteiger partial charge is 0.238 e. The molecule has 0 spiro atoms. The second-order valence-corrected chi connectivity index (χ2v) is 5.61. The molecule has 0 aromatic heterocycles. The van der Waals surface area contributed by atoms with Gasteiger partial charge in [0.25, 0.3) is 0 Å². The van der Waals surface area contributed by atoms with Crippen LogP contribution in [-0.2, 0) is 0 Å². The molecule has 0 amide bonds. The van der Waals surface area contributed by atoms with Crippen molar-refractivity contribution < 1.29 is 4.74 Å². The highest BCUT2D eigenvalue weighted by Crippen LogP contribution is 2.47. The zero-order valence-corrected chi connectivity index (χ0v) is 10.1. The molecule has 1 aromatic carbocycles. The number of anilines is 1. The molecule has 0 radical (unpaired) electrons. The van der Waals surface area contributed by atoms with Crippen LogP contribution in [0.3, 0.4) is 0 Å². The lowest BCUT2D eigenvalue weighted by atomic mass is 10.3. The summed E-state index contributed by atoms with van der Waals surface area (Å²) in [5, 5.41) is 2.48. The largest absolute Gasteiger partial charge is 0.460 e. The van der Waals surface area contributed by atoms with E-state index in [0.717, 1.165) is 0 Å². The van der Waals surface area contributed by atoms with Crippen molar-refractivity contribution in [2.45, 2.75) is 10.8 Å². The number of hydrogen-bond donors (Lipinski definition) is 1. The summed E-state index contributed by atoms with van der Waals surface area (Å²) in [5.74, 6) is 0.583. The minimum atomic E-state index is -0.855. The maximum absolute atomic E-state index is 6.22. The Morgan fingerprint density at radius 2 is 2.13 bits per heavy atom. The van der Waals surface area contributed by atoms with Gasteiger partial charge < -0.3 is 10.5 Å². The van der Waals surface area contributed by atoms with Gasteiger partial charge in [-0.25, -0.2) is 0 Å². The van der Waals surface area contributed by atoms with Gasteiger partial charge in [0.2, 0.25) is 4.39 Å². The first-order valence-corrected chi connectivity index (χ1v) is 5.97. The third-order valence-corrected chi connectivity index (χ3v) is 3.76. The van der Waals surface area contributed by atoms with Gasteiger partial charge in [-0.05, 0) is 17.5 Å². The van der Waals surface area contributed by atoms with E-state index in [0.29, 0.717) is 22.9 Å². The van der Waals surface area contributed by atoms with Gasteiger partial charge in [-0.2, -0.15) is 0 Å². The molecule has 15 heavy (non-hydrogen) atoms. The molecule has 2 nitrogen and oxygen atoms in total. The summed E-state index contributed by atoms with van der Waals surface area (Å²) >= 11 is 13.4. The fraction of sp³-hybridized carbons (Fsp3) is 0.200. The van der Waals surface area contributed by atoms with Crippen molar-refractivity contribution in [2.24, 2.45) is 0 Å². The molecular weight excluding hydrogens is 253 g/mol. The van der Waals surface area contributed by atoms with Crippen LogP contribution in [-0.4, -0.2) is 4.39 Å². The quantitative estimate of drug-likeness (QED) is 0.651. The van der Waals surface area contributed by atoms with Crippen LogP contribution in [0.1, 0.15) is 6.42 Å². The zero-order valence-electron chi connectivity index (χ0n) is 7.74. The lowest BCUT2D eigenvalue weighted by Gasteiger charge is -2.22. The van der Waals surface area contributed by atoms with E-state index in [2.05, 4.69) is 0 Å². The number of para-hydroxylation sites is 2. The van der Waals surface area contributed by atoms with E-state index in [1.807, 2.05) is 12.1 Å². The summed E-state index contributed by atoms with van der Waals surface area (Å²) in [6.07, 6.45) is 0.481. The lowest BCUT2D eigenvalue weighted by molar-refractivity contribution is 0.256. The molecule has 5 heteroatoms. The molecule has 0 fully saturated rings. The average Bonchev–Trinajstić information content (AvgIpc) is 2.51.